The Kier molecular flexibility index (Phi) is 8.56. The van der Waals surface area contributed by atoms with E-state index in [-0.39, 0.29) is 22.8 Å². The molecule has 0 spiro atoms. The van der Waals surface area contributed by atoms with Crippen LogP contribution in [-0.2, 0) is 32.2 Å². The Morgan fingerprint density at radius 3 is 2.00 bits per heavy atom. The Hall–Kier alpha value is -2.72. The standard InChI is InChI=1S/C33H40NO3PS/c1-8-36-29(35)20-19-28-30(26-21-23(32(2,3)4)22-27(31(26)37-28)33(5,6)7)34-38(39,24-15-11-9-12-16-24)25-17-13-10-14-18-25/h9-22,28,30H,8H2,1-7H3,(H,34,39)/b20-19+/t28-,30-/m1/s1. The highest BCUT2D eigenvalue weighted by atomic mass is 32.4. The average Bonchev–Trinajstić information content (AvgIpc) is 3.23. The quantitative estimate of drug-likeness (QED) is 0.195. The average molecular weight is 562 g/mol. The normalized spacial score (nSPS) is 17.6. The van der Waals surface area contributed by atoms with Crippen LogP contribution in [0, 0.1) is 0 Å². The Bertz CT molecular complexity index is 1340. The van der Waals surface area contributed by atoms with Crippen molar-refractivity contribution in [1.29, 1.82) is 0 Å². The molecule has 1 heterocycles. The van der Waals surface area contributed by atoms with Crippen LogP contribution >= 0.6 is 6.19 Å². The number of ether oxygens (including phenoxy) is 2. The van der Waals surface area contributed by atoms with Gasteiger partial charge in [0.05, 0.1) is 18.8 Å². The van der Waals surface area contributed by atoms with Crippen molar-refractivity contribution in [3.63, 3.8) is 0 Å². The van der Waals surface area contributed by atoms with Gasteiger partial charge in [-0.3, -0.25) is 5.09 Å². The number of fused-ring (bicyclic) bond motifs is 1. The number of hydrogen-bond donors (Lipinski definition) is 1. The lowest BCUT2D eigenvalue weighted by molar-refractivity contribution is -0.137. The summed E-state index contributed by atoms with van der Waals surface area (Å²) in [4.78, 5) is 12.3. The first-order chi connectivity index (χ1) is 18.3. The minimum absolute atomic E-state index is 0.0580. The summed E-state index contributed by atoms with van der Waals surface area (Å²) < 4.78 is 11.9. The van der Waals surface area contributed by atoms with Crippen LogP contribution in [0.2, 0.25) is 0 Å². The van der Waals surface area contributed by atoms with Gasteiger partial charge in [0.15, 0.2) is 0 Å². The van der Waals surface area contributed by atoms with Crippen molar-refractivity contribution >= 4 is 34.6 Å². The van der Waals surface area contributed by atoms with Gasteiger partial charge in [0, 0.05) is 27.8 Å². The van der Waals surface area contributed by atoms with Gasteiger partial charge in [-0.15, -0.1) is 0 Å². The predicted octanol–water partition coefficient (Wildman–Crippen LogP) is 6.84. The van der Waals surface area contributed by atoms with Crippen molar-refractivity contribution < 1.29 is 14.3 Å². The Morgan fingerprint density at radius 1 is 0.949 bits per heavy atom. The number of nitrogens with one attached hydrogen (secondary N) is 1. The van der Waals surface area contributed by atoms with E-state index in [9.17, 15) is 4.79 Å². The lowest BCUT2D eigenvalue weighted by Crippen LogP contribution is -2.35. The molecule has 1 aliphatic heterocycles. The summed E-state index contributed by atoms with van der Waals surface area (Å²) in [6.45, 7) is 15.4. The molecule has 0 saturated heterocycles. The Labute approximate surface area is 238 Å². The van der Waals surface area contributed by atoms with E-state index in [1.54, 1.807) is 6.92 Å². The number of esters is 1. The molecule has 1 aliphatic rings. The van der Waals surface area contributed by atoms with E-state index in [4.69, 9.17) is 21.3 Å². The lowest BCUT2D eigenvalue weighted by Gasteiger charge is -2.30. The first-order valence-electron chi connectivity index (χ1n) is 13.5. The second kappa shape index (κ2) is 11.4. The molecule has 206 valence electrons. The summed E-state index contributed by atoms with van der Waals surface area (Å²) in [6.07, 6.45) is 0.371. The fraction of sp³-hybridized carbons (Fsp3) is 0.364. The second-order valence-corrected chi connectivity index (χ2v) is 16.2. The summed E-state index contributed by atoms with van der Waals surface area (Å²) in [5.41, 5.74) is 3.26. The molecule has 4 rings (SSSR count). The molecule has 0 saturated carbocycles. The molecule has 0 fully saturated rings. The molecular formula is C33H40NO3PS. The molecule has 1 N–H and O–H groups in total. The highest BCUT2D eigenvalue weighted by Gasteiger charge is 2.41. The van der Waals surface area contributed by atoms with Crippen LogP contribution in [0.25, 0.3) is 0 Å². The van der Waals surface area contributed by atoms with Crippen LogP contribution in [0.3, 0.4) is 0 Å². The molecule has 0 bridgehead atoms. The molecule has 4 nitrogen and oxygen atoms in total. The zero-order valence-electron chi connectivity index (χ0n) is 24.0. The maximum Gasteiger partial charge on any atom is 0.330 e. The van der Waals surface area contributed by atoms with Crippen molar-refractivity contribution in [2.24, 2.45) is 0 Å². The molecule has 3 aromatic carbocycles. The zero-order valence-corrected chi connectivity index (χ0v) is 25.7. The topological polar surface area (TPSA) is 47.6 Å². The van der Waals surface area contributed by atoms with E-state index in [2.05, 4.69) is 83.0 Å². The van der Waals surface area contributed by atoms with Crippen molar-refractivity contribution in [2.45, 2.75) is 71.4 Å². The molecule has 2 atom stereocenters. The van der Waals surface area contributed by atoms with Crippen molar-refractivity contribution in [3.8, 4) is 5.75 Å². The van der Waals surface area contributed by atoms with Crippen LogP contribution in [0.15, 0.2) is 84.9 Å². The van der Waals surface area contributed by atoms with E-state index < -0.39 is 12.3 Å². The third kappa shape index (κ3) is 6.38. The zero-order chi connectivity index (χ0) is 28.4. The molecule has 0 aromatic heterocycles. The number of benzene rings is 3. The minimum Gasteiger partial charge on any atom is -0.484 e. The van der Waals surface area contributed by atoms with E-state index in [0.717, 1.165) is 27.5 Å². The van der Waals surface area contributed by atoms with Gasteiger partial charge in [-0.1, -0.05) is 120 Å². The molecule has 0 unspecified atom stereocenters. The minimum atomic E-state index is -2.48. The summed E-state index contributed by atoms with van der Waals surface area (Å²) in [5.74, 6) is 0.488. The van der Waals surface area contributed by atoms with Crippen LogP contribution < -0.4 is 20.4 Å². The van der Waals surface area contributed by atoms with Gasteiger partial charge in [0.25, 0.3) is 0 Å². The monoisotopic (exact) mass is 561 g/mol. The van der Waals surface area contributed by atoms with Crippen molar-refractivity contribution in [3.05, 3.63) is 102 Å². The molecule has 3 aromatic rings. The van der Waals surface area contributed by atoms with Crippen LogP contribution in [0.1, 0.15) is 71.2 Å². The summed E-state index contributed by atoms with van der Waals surface area (Å²) in [7, 11) is 0. The first kappa shape index (κ1) is 29.3. The summed E-state index contributed by atoms with van der Waals surface area (Å²) in [6, 6.07) is 24.9. The van der Waals surface area contributed by atoms with Crippen molar-refractivity contribution in [2.75, 3.05) is 6.61 Å². The van der Waals surface area contributed by atoms with E-state index in [0.29, 0.717) is 6.61 Å². The number of carbonyl (C=O) groups is 1. The van der Waals surface area contributed by atoms with Crippen LogP contribution in [0.5, 0.6) is 5.75 Å². The van der Waals surface area contributed by atoms with Crippen molar-refractivity contribution in [1.82, 2.24) is 5.09 Å². The SMILES string of the molecule is CCOC(=O)/C=C/[C@H]1Oc2c(cc(C(C)(C)C)cc2C(C)(C)C)[C@H]1NP(=S)(c1ccccc1)c1ccccc1. The molecule has 0 radical (unpaired) electrons. The van der Waals surface area contributed by atoms with Gasteiger partial charge >= 0.3 is 5.97 Å². The van der Waals surface area contributed by atoms with E-state index >= 15 is 0 Å². The van der Waals surface area contributed by atoms with Gasteiger partial charge in [0.2, 0.25) is 0 Å². The van der Waals surface area contributed by atoms with Gasteiger partial charge in [-0.2, -0.15) is 0 Å². The fourth-order valence-electron chi connectivity index (χ4n) is 4.81. The summed E-state index contributed by atoms with van der Waals surface area (Å²) in [5, 5.41) is 6.10. The molecule has 0 aliphatic carbocycles. The molecule has 39 heavy (non-hydrogen) atoms. The molecule has 6 heteroatoms. The smallest absolute Gasteiger partial charge is 0.330 e. The number of carbonyl (C=O) groups excluding carboxylic acids is 1. The lowest BCUT2D eigenvalue weighted by atomic mass is 9.78. The highest BCUT2D eigenvalue weighted by molar-refractivity contribution is 8.20. The Morgan fingerprint density at radius 2 is 1.51 bits per heavy atom. The van der Waals surface area contributed by atoms with Gasteiger partial charge in [-0.05, 0) is 35.5 Å². The largest absolute Gasteiger partial charge is 0.484 e. The molecular weight excluding hydrogens is 521 g/mol. The van der Waals surface area contributed by atoms with Crippen LogP contribution in [-0.4, -0.2) is 18.7 Å². The third-order valence-electron chi connectivity index (χ3n) is 6.98. The van der Waals surface area contributed by atoms with E-state index in [1.807, 2.05) is 42.5 Å². The Balaban J connectivity index is 1.92. The van der Waals surface area contributed by atoms with Gasteiger partial charge in [-0.25, -0.2) is 4.79 Å². The maximum atomic E-state index is 12.3. The second-order valence-electron chi connectivity index (χ2n) is 12.0. The fourth-order valence-corrected chi connectivity index (χ4v) is 8.34. The molecule has 0 amide bonds. The van der Waals surface area contributed by atoms with Gasteiger partial charge in [0.1, 0.15) is 11.9 Å². The van der Waals surface area contributed by atoms with Crippen LogP contribution in [0.4, 0.5) is 0 Å². The highest BCUT2D eigenvalue weighted by Crippen LogP contribution is 2.51. The first-order valence-corrected chi connectivity index (χ1v) is 16.3. The third-order valence-corrected chi connectivity index (χ3v) is 11.3. The summed E-state index contributed by atoms with van der Waals surface area (Å²) >= 11 is 6.57. The number of rotatable bonds is 7. The number of hydrogen-bond acceptors (Lipinski definition) is 4. The van der Waals surface area contributed by atoms with Gasteiger partial charge < -0.3 is 9.47 Å². The predicted molar refractivity (Wildman–Crippen MR) is 166 cm³/mol. The maximum absolute atomic E-state index is 12.3. The van der Waals surface area contributed by atoms with E-state index in [1.165, 1.54) is 11.6 Å².